The van der Waals surface area contributed by atoms with Gasteiger partial charge >= 0.3 is 6.18 Å². The third kappa shape index (κ3) is 3.66. The third-order valence-electron chi connectivity index (χ3n) is 3.77. The van der Waals surface area contributed by atoms with Crippen LogP contribution in [0.1, 0.15) is 42.1 Å². The number of carbonyl (C=O) groups excluding carboxylic acids is 1. The van der Waals surface area contributed by atoms with Gasteiger partial charge in [-0.25, -0.2) is 0 Å². The molecule has 0 saturated heterocycles. The molecule has 2 unspecified atom stereocenters. The Kier molecular flexibility index (Phi) is 4.41. The summed E-state index contributed by atoms with van der Waals surface area (Å²) in [6.45, 7) is 2.09. The second kappa shape index (κ2) is 5.93. The van der Waals surface area contributed by atoms with E-state index in [0.29, 0.717) is 5.92 Å². The molecule has 2 rings (SSSR count). The van der Waals surface area contributed by atoms with Crippen LogP contribution in [0.5, 0.6) is 0 Å². The van der Waals surface area contributed by atoms with Gasteiger partial charge in [-0.15, -0.1) is 0 Å². The molecule has 21 heavy (non-hydrogen) atoms. The van der Waals surface area contributed by atoms with Crippen molar-refractivity contribution < 1.29 is 18.0 Å². The highest BCUT2D eigenvalue weighted by molar-refractivity contribution is 5.95. The quantitative estimate of drug-likeness (QED) is 0.594. The molecule has 0 spiro atoms. The van der Waals surface area contributed by atoms with Crippen molar-refractivity contribution in [2.45, 2.75) is 38.4 Å². The molecule has 1 aliphatic rings. The molecule has 116 valence electrons. The van der Waals surface area contributed by atoms with Gasteiger partial charge in [-0.3, -0.25) is 10.6 Å². The summed E-state index contributed by atoms with van der Waals surface area (Å²) < 4.78 is 38.7. The lowest BCUT2D eigenvalue weighted by Crippen LogP contribution is -2.33. The van der Waals surface area contributed by atoms with Gasteiger partial charge in [0.2, 0.25) is 0 Å². The largest absolute Gasteiger partial charge is 0.418 e. The number of nitrogen functional groups attached to an aromatic ring is 1. The summed E-state index contributed by atoms with van der Waals surface area (Å²) in [5.41, 5.74) is 0.780. The number of hydrazine groups is 1. The maximum Gasteiger partial charge on any atom is 0.418 e. The molecule has 1 saturated carbocycles. The lowest BCUT2D eigenvalue weighted by molar-refractivity contribution is -0.137. The number of hydrogen-bond acceptors (Lipinski definition) is 3. The zero-order valence-corrected chi connectivity index (χ0v) is 11.6. The lowest BCUT2D eigenvalue weighted by Gasteiger charge is -2.16. The van der Waals surface area contributed by atoms with Gasteiger partial charge in [0.05, 0.1) is 11.3 Å². The van der Waals surface area contributed by atoms with Crippen molar-refractivity contribution in [1.82, 2.24) is 5.32 Å². The second-order valence-electron chi connectivity index (χ2n) is 5.49. The average molecular weight is 301 g/mol. The van der Waals surface area contributed by atoms with Crippen LogP contribution in [-0.4, -0.2) is 11.9 Å². The summed E-state index contributed by atoms with van der Waals surface area (Å²) in [4.78, 5) is 12.1. The van der Waals surface area contributed by atoms with Crippen LogP contribution >= 0.6 is 0 Å². The number of anilines is 1. The summed E-state index contributed by atoms with van der Waals surface area (Å²) in [6.07, 6.45) is -1.82. The molecule has 7 heteroatoms. The highest BCUT2D eigenvalue weighted by Gasteiger charge is 2.34. The van der Waals surface area contributed by atoms with E-state index in [1.54, 1.807) is 0 Å². The molecule has 0 bridgehead atoms. The predicted molar refractivity (Wildman–Crippen MR) is 73.5 cm³/mol. The van der Waals surface area contributed by atoms with E-state index in [-0.39, 0.29) is 17.3 Å². The van der Waals surface area contributed by atoms with Gasteiger partial charge in [0.1, 0.15) is 0 Å². The fourth-order valence-electron chi connectivity index (χ4n) is 2.65. The molecule has 0 heterocycles. The van der Waals surface area contributed by atoms with Crippen LogP contribution in [0.3, 0.4) is 0 Å². The molecule has 1 amide bonds. The van der Waals surface area contributed by atoms with E-state index >= 15 is 0 Å². The van der Waals surface area contributed by atoms with Crippen LogP contribution < -0.4 is 16.6 Å². The zero-order valence-electron chi connectivity index (χ0n) is 11.6. The number of rotatable bonds is 3. The van der Waals surface area contributed by atoms with E-state index in [0.717, 1.165) is 31.4 Å². The van der Waals surface area contributed by atoms with Crippen molar-refractivity contribution in [3.05, 3.63) is 29.3 Å². The molecule has 4 N–H and O–H groups in total. The molecule has 0 aromatic heterocycles. The zero-order chi connectivity index (χ0) is 15.6. The van der Waals surface area contributed by atoms with E-state index in [1.165, 1.54) is 6.07 Å². The van der Waals surface area contributed by atoms with Crippen LogP contribution in [0.4, 0.5) is 18.9 Å². The van der Waals surface area contributed by atoms with Gasteiger partial charge in [0.25, 0.3) is 5.91 Å². The minimum absolute atomic E-state index is 0.0131. The Morgan fingerprint density at radius 3 is 2.57 bits per heavy atom. The molecular weight excluding hydrogens is 283 g/mol. The van der Waals surface area contributed by atoms with Crippen LogP contribution in [-0.2, 0) is 6.18 Å². The Bertz CT molecular complexity index is 531. The summed E-state index contributed by atoms with van der Waals surface area (Å²) in [7, 11) is 0. The number of carbonyl (C=O) groups is 1. The average Bonchev–Trinajstić information content (AvgIpc) is 2.82. The highest BCUT2D eigenvalue weighted by Crippen LogP contribution is 2.35. The van der Waals surface area contributed by atoms with Crippen LogP contribution in [0.15, 0.2) is 18.2 Å². The maximum atomic E-state index is 12.9. The van der Waals surface area contributed by atoms with Crippen molar-refractivity contribution in [3.8, 4) is 0 Å². The Balaban J connectivity index is 2.18. The first-order valence-corrected chi connectivity index (χ1v) is 6.80. The molecule has 0 radical (unpaired) electrons. The first-order chi connectivity index (χ1) is 9.81. The fraction of sp³-hybridized carbons (Fsp3) is 0.500. The van der Waals surface area contributed by atoms with Crippen molar-refractivity contribution >= 4 is 11.6 Å². The van der Waals surface area contributed by atoms with Gasteiger partial charge < -0.3 is 10.7 Å². The lowest BCUT2D eigenvalue weighted by atomic mass is 10.1. The summed E-state index contributed by atoms with van der Waals surface area (Å²) in [5, 5.41) is 2.78. The predicted octanol–water partition coefficient (Wildman–Crippen LogP) is 2.91. The number of hydrogen-bond donors (Lipinski definition) is 3. The first kappa shape index (κ1) is 15.6. The molecule has 4 nitrogen and oxygen atoms in total. The minimum Gasteiger partial charge on any atom is -0.349 e. The van der Waals surface area contributed by atoms with Crippen molar-refractivity contribution in [2.24, 2.45) is 11.8 Å². The number of nitrogens with two attached hydrogens (primary N) is 1. The molecule has 1 fully saturated rings. The standard InChI is InChI=1S/C14H18F3N3O/c1-8-2-4-10(6-8)19-13(21)9-3-5-12(20-18)11(7-9)14(15,16)17/h3,5,7-8,10,20H,2,4,6,18H2,1H3,(H,19,21). The SMILES string of the molecule is CC1CCC(NC(=O)c2ccc(NN)c(C(F)(F)F)c2)C1. The van der Waals surface area contributed by atoms with Gasteiger partial charge in [-0.2, -0.15) is 13.2 Å². The van der Waals surface area contributed by atoms with Crippen LogP contribution in [0, 0.1) is 5.92 Å². The van der Waals surface area contributed by atoms with Gasteiger partial charge in [0.15, 0.2) is 0 Å². The number of nitrogens with one attached hydrogen (secondary N) is 2. The summed E-state index contributed by atoms with van der Waals surface area (Å²) >= 11 is 0. The summed E-state index contributed by atoms with van der Waals surface area (Å²) in [5.74, 6) is 5.12. The molecule has 2 atom stereocenters. The van der Waals surface area contributed by atoms with Crippen molar-refractivity contribution in [3.63, 3.8) is 0 Å². The van der Waals surface area contributed by atoms with Crippen LogP contribution in [0.25, 0.3) is 0 Å². The second-order valence-corrected chi connectivity index (χ2v) is 5.49. The molecule has 1 aromatic carbocycles. The van der Waals surface area contributed by atoms with Gasteiger partial charge in [-0.05, 0) is 43.4 Å². The third-order valence-corrected chi connectivity index (χ3v) is 3.77. The van der Waals surface area contributed by atoms with Gasteiger partial charge in [-0.1, -0.05) is 6.92 Å². The van der Waals surface area contributed by atoms with Crippen molar-refractivity contribution in [2.75, 3.05) is 5.43 Å². The molecular formula is C14H18F3N3O. The number of amides is 1. The smallest absolute Gasteiger partial charge is 0.349 e. The Hall–Kier alpha value is -1.76. The normalized spacial score (nSPS) is 22.1. The first-order valence-electron chi connectivity index (χ1n) is 6.80. The van der Waals surface area contributed by atoms with Crippen molar-refractivity contribution in [1.29, 1.82) is 0 Å². The van der Waals surface area contributed by atoms with E-state index < -0.39 is 17.6 Å². The number of benzene rings is 1. The molecule has 1 aromatic rings. The molecule has 0 aliphatic heterocycles. The Morgan fingerprint density at radius 1 is 1.33 bits per heavy atom. The van der Waals surface area contributed by atoms with Crippen LogP contribution in [0.2, 0.25) is 0 Å². The summed E-state index contributed by atoms with van der Waals surface area (Å²) in [6, 6.07) is 3.35. The van der Waals surface area contributed by atoms with E-state index in [9.17, 15) is 18.0 Å². The van der Waals surface area contributed by atoms with E-state index in [4.69, 9.17) is 5.84 Å². The number of alkyl halides is 3. The fourth-order valence-corrected chi connectivity index (χ4v) is 2.65. The van der Waals surface area contributed by atoms with E-state index in [1.807, 2.05) is 5.43 Å². The van der Waals surface area contributed by atoms with E-state index in [2.05, 4.69) is 12.2 Å². The topological polar surface area (TPSA) is 67.2 Å². The van der Waals surface area contributed by atoms with Gasteiger partial charge in [0, 0.05) is 11.6 Å². The Labute approximate surface area is 120 Å². The maximum absolute atomic E-state index is 12.9. The highest BCUT2D eigenvalue weighted by atomic mass is 19.4. The minimum atomic E-state index is -4.57. The monoisotopic (exact) mass is 301 g/mol. The number of halogens is 3. The Morgan fingerprint density at radius 2 is 2.05 bits per heavy atom. The molecule has 1 aliphatic carbocycles.